The number of fused-ring (bicyclic) bond motifs is 1. The summed E-state index contributed by atoms with van der Waals surface area (Å²) in [6.45, 7) is 1.16. The quantitative estimate of drug-likeness (QED) is 0.940. The molecule has 126 valence electrons. The van der Waals surface area contributed by atoms with Crippen molar-refractivity contribution in [2.24, 2.45) is 5.92 Å². The highest BCUT2D eigenvalue weighted by molar-refractivity contribution is 5.91. The van der Waals surface area contributed by atoms with Gasteiger partial charge in [-0.3, -0.25) is 4.79 Å². The number of amides is 1. The van der Waals surface area contributed by atoms with Crippen LogP contribution in [-0.2, 0) is 11.2 Å². The summed E-state index contributed by atoms with van der Waals surface area (Å²) in [6, 6.07) is 12.0. The van der Waals surface area contributed by atoms with Crippen molar-refractivity contribution in [3.8, 4) is 5.75 Å². The van der Waals surface area contributed by atoms with Gasteiger partial charge in [0.05, 0.1) is 19.1 Å². The van der Waals surface area contributed by atoms with E-state index in [0.717, 1.165) is 34.9 Å². The lowest BCUT2D eigenvalue weighted by atomic mass is 9.97. The number of methoxy groups -OCH3 is 1. The topological polar surface area (TPSA) is 49.8 Å². The Labute approximate surface area is 142 Å². The first kappa shape index (κ1) is 15.5. The Morgan fingerprint density at radius 1 is 1.33 bits per heavy atom. The van der Waals surface area contributed by atoms with E-state index in [9.17, 15) is 9.90 Å². The van der Waals surface area contributed by atoms with Gasteiger partial charge in [-0.15, -0.1) is 0 Å². The molecule has 0 radical (unpaired) electrons. The Kier molecular flexibility index (Phi) is 3.72. The first-order valence-corrected chi connectivity index (χ1v) is 8.65. The highest BCUT2D eigenvalue weighted by Crippen LogP contribution is 2.44. The van der Waals surface area contributed by atoms with Gasteiger partial charge < -0.3 is 14.7 Å². The zero-order valence-electron chi connectivity index (χ0n) is 14.0. The third-order valence-corrected chi connectivity index (χ3v) is 5.49. The molecule has 0 bridgehead atoms. The molecule has 4 rings (SSSR count). The lowest BCUT2D eigenvalue weighted by Crippen LogP contribution is -2.38. The lowest BCUT2D eigenvalue weighted by molar-refractivity contribution is -0.130. The van der Waals surface area contributed by atoms with Gasteiger partial charge in [-0.2, -0.15) is 0 Å². The normalized spacial score (nSPS) is 23.7. The van der Waals surface area contributed by atoms with Crippen LogP contribution < -0.4 is 4.74 Å². The fourth-order valence-electron chi connectivity index (χ4n) is 3.86. The molecule has 4 heteroatoms. The minimum absolute atomic E-state index is 0.0990. The maximum absolute atomic E-state index is 12.7. The van der Waals surface area contributed by atoms with Gasteiger partial charge in [0.25, 0.3) is 0 Å². The molecule has 24 heavy (non-hydrogen) atoms. The van der Waals surface area contributed by atoms with E-state index in [2.05, 4.69) is 0 Å². The smallest absolute Gasteiger partial charge is 0.227 e. The van der Waals surface area contributed by atoms with Gasteiger partial charge in [0.2, 0.25) is 5.91 Å². The summed E-state index contributed by atoms with van der Waals surface area (Å²) in [5, 5.41) is 12.8. The molecule has 1 aliphatic carbocycles. The molecule has 0 aromatic heterocycles. The van der Waals surface area contributed by atoms with Crippen LogP contribution in [0.2, 0.25) is 0 Å². The number of rotatable bonds is 4. The first-order valence-electron chi connectivity index (χ1n) is 8.65. The van der Waals surface area contributed by atoms with Gasteiger partial charge in [-0.05, 0) is 53.6 Å². The van der Waals surface area contributed by atoms with Crippen LogP contribution in [0, 0.1) is 5.92 Å². The maximum Gasteiger partial charge on any atom is 0.227 e. The lowest BCUT2D eigenvalue weighted by Gasteiger charge is -2.23. The van der Waals surface area contributed by atoms with Crippen molar-refractivity contribution >= 4 is 16.7 Å². The number of carbonyl (C=O) groups is 1. The molecule has 2 fully saturated rings. The Morgan fingerprint density at radius 3 is 2.92 bits per heavy atom. The van der Waals surface area contributed by atoms with Crippen molar-refractivity contribution in [3.05, 3.63) is 42.0 Å². The molecule has 4 nitrogen and oxygen atoms in total. The summed E-state index contributed by atoms with van der Waals surface area (Å²) in [4.78, 5) is 14.6. The van der Waals surface area contributed by atoms with Crippen molar-refractivity contribution < 1.29 is 14.6 Å². The molecule has 0 spiro atoms. The molecule has 1 saturated heterocycles. The number of aliphatic hydroxyl groups is 1. The maximum atomic E-state index is 12.7. The zero-order valence-corrected chi connectivity index (χ0v) is 14.0. The average molecular weight is 325 g/mol. The van der Waals surface area contributed by atoms with E-state index in [4.69, 9.17) is 4.74 Å². The average Bonchev–Trinajstić information content (AvgIpc) is 3.38. The van der Waals surface area contributed by atoms with Crippen molar-refractivity contribution in [1.29, 1.82) is 0 Å². The van der Waals surface area contributed by atoms with E-state index < -0.39 is 5.60 Å². The molecule has 2 aromatic rings. The number of β-amino-alcohol motifs (C(OH)–C–C–N with tert-alkyl or cyclic N) is 1. The van der Waals surface area contributed by atoms with Gasteiger partial charge in [-0.25, -0.2) is 0 Å². The highest BCUT2D eigenvalue weighted by atomic mass is 16.5. The molecule has 1 saturated carbocycles. The van der Waals surface area contributed by atoms with Crippen LogP contribution in [0.5, 0.6) is 5.75 Å². The Balaban J connectivity index is 1.54. The molecule has 1 heterocycles. The largest absolute Gasteiger partial charge is 0.497 e. The molecular weight excluding hydrogens is 302 g/mol. The standard InChI is InChI=1S/C20H23NO3/c1-24-17-8-5-14-3-2-4-15(18(14)12-17)11-19(22)21-10-9-20(23,13-21)16-6-7-16/h2-5,8,12,16,23H,6-7,9-11,13H2,1H3. The first-order chi connectivity index (χ1) is 11.6. The summed E-state index contributed by atoms with van der Waals surface area (Å²) >= 11 is 0. The second-order valence-electron chi connectivity index (χ2n) is 7.12. The van der Waals surface area contributed by atoms with Gasteiger partial charge in [0, 0.05) is 13.1 Å². The third-order valence-electron chi connectivity index (χ3n) is 5.49. The van der Waals surface area contributed by atoms with Crippen LogP contribution in [0.15, 0.2) is 36.4 Å². The summed E-state index contributed by atoms with van der Waals surface area (Å²) in [6.07, 6.45) is 3.28. The highest BCUT2D eigenvalue weighted by Gasteiger charge is 2.48. The molecule has 1 atom stereocenters. The number of hydrogen-bond donors (Lipinski definition) is 1. The SMILES string of the molecule is COc1ccc2cccc(CC(=O)N3CCC(O)(C4CC4)C3)c2c1. The molecule has 2 aliphatic rings. The van der Waals surface area contributed by atoms with Crippen LogP contribution in [0.25, 0.3) is 10.8 Å². The third kappa shape index (κ3) is 2.75. The number of nitrogens with zero attached hydrogens (tertiary/aromatic N) is 1. The van der Waals surface area contributed by atoms with Crippen molar-refractivity contribution in [1.82, 2.24) is 4.90 Å². The Hall–Kier alpha value is -2.07. The molecule has 1 amide bonds. The van der Waals surface area contributed by atoms with Crippen LogP contribution in [-0.4, -0.2) is 41.7 Å². The van der Waals surface area contributed by atoms with Gasteiger partial charge in [-0.1, -0.05) is 24.3 Å². The number of likely N-dealkylation sites (tertiary alicyclic amines) is 1. The van der Waals surface area contributed by atoms with Crippen LogP contribution in [0.4, 0.5) is 0 Å². The summed E-state index contributed by atoms with van der Waals surface area (Å²) in [7, 11) is 1.65. The van der Waals surface area contributed by atoms with Gasteiger partial charge in [0.1, 0.15) is 5.75 Å². The van der Waals surface area contributed by atoms with Crippen molar-refractivity contribution in [2.75, 3.05) is 20.2 Å². The second-order valence-corrected chi connectivity index (χ2v) is 7.12. The molecule has 2 aromatic carbocycles. The molecule has 1 unspecified atom stereocenters. The summed E-state index contributed by atoms with van der Waals surface area (Å²) in [5.74, 6) is 1.30. The van der Waals surface area contributed by atoms with E-state index in [0.29, 0.717) is 31.8 Å². The van der Waals surface area contributed by atoms with Crippen molar-refractivity contribution in [2.45, 2.75) is 31.3 Å². The van der Waals surface area contributed by atoms with Crippen LogP contribution in [0.3, 0.4) is 0 Å². The fraction of sp³-hybridized carbons (Fsp3) is 0.450. The summed E-state index contributed by atoms with van der Waals surface area (Å²) < 4.78 is 5.31. The monoisotopic (exact) mass is 325 g/mol. The van der Waals surface area contributed by atoms with E-state index in [1.165, 1.54) is 0 Å². The molecular formula is C20H23NO3. The molecule has 1 N–H and O–H groups in total. The van der Waals surface area contributed by atoms with E-state index in [1.54, 1.807) is 7.11 Å². The zero-order chi connectivity index (χ0) is 16.7. The minimum Gasteiger partial charge on any atom is -0.497 e. The van der Waals surface area contributed by atoms with Crippen molar-refractivity contribution in [3.63, 3.8) is 0 Å². The number of ether oxygens (including phenoxy) is 1. The fourth-order valence-corrected chi connectivity index (χ4v) is 3.86. The predicted molar refractivity (Wildman–Crippen MR) is 93.1 cm³/mol. The van der Waals surface area contributed by atoms with Crippen LogP contribution >= 0.6 is 0 Å². The number of carbonyl (C=O) groups excluding carboxylic acids is 1. The Morgan fingerprint density at radius 2 is 2.17 bits per heavy atom. The second kappa shape index (κ2) is 5.78. The molecule has 1 aliphatic heterocycles. The van der Waals surface area contributed by atoms with Crippen LogP contribution in [0.1, 0.15) is 24.8 Å². The van der Waals surface area contributed by atoms with E-state index in [1.807, 2.05) is 41.3 Å². The summed E-state index contributed by atoms with van der Waals surface area (Å²) in [5.41, 5.74) is 0.371. The van der Waals surface area contributed by atoms with E-state index >= 15 is 0 Å². The van der Waals surface area contributed by atoms with E-state index in [-0.39, 0.29) is 5.91 Å². The number of benzene rings is 2. The minimum atomic E-state index is -0.641. The predicted octanol–water partition coefficient (Wildman–Crippen LogP) is 2.76. The van der Waals surface area contributed by atoms with Gasteiger partial charge >= 0.3 is 0 Å². The number of hydrogen-bond acceptors (Lipinski definition) is 3. The van der Waals surface area contributed by atoms with Gasteiger partial charge in [0.15, 0.2) is 0 Å². The Bertz CT molecular complexity index is 784.